The lowest BCUT2D eigenvalue weighted by atomic mass is 9.99. The van der Waals surface area contributed by atoms with Gasteiger partial charge in [-0.2, -0.15) is 0 Å². The van der Waals surface area contributed by atoms with Crippen molar-refractivity contribution in [1.82, 2.24) is 5.32 Å². The lowest BCUT2D eigenvalue weighted by Gasteiger charge is -2.26. The number of allylic oxidation sites excluding steroid dienone is 2. The van der Waals surface area contributed by atoms with Gasteiger partial charge in [-0.1, -0.05) is 347 Å². The fourth-order valence-electron chi connectivity index (χ4n) is 10.8. The number of aliphatic hydroxyl groups is 3. The lowest BCUT2D eigenvalue weighted by molar-refractivity contribution is -0.124. The molecule has 0 aliphatic heterocycles. The van der Waals surface area contributed by atoms with Crippen LogP contribution in [0.5, 0.6) is 0 Å². The first kappa shape index (κ1) is 70.1. The van der Waals surface area contributed by atoms with Crippen molar-refractivity contribution in [2.24, 2.45) is 0 Å². The second-order valence-electron chi connectivity index (χ2n) is 23.0. The number of unbranched alkanes of at least 4 members (excludes halogenated alkanes) is 52. The summed E-state index contributed by atoms with van der Waals surface area (Å²) in [6.07, 6.45) is 78.5. The van der Waals surface area contributed by atoms with Crippen LogP contribution < -0.4 is 5.32 Å². The molecule has 4 N–H and O–H groups in total. The largest absolute Gasteiger partial charge is 0.394 e. The molecule has 0 aliphatic rings. The Morgan fingerprint density at radius 2 is 0.563 bits per heavy atom. The second-order valence-corrected chi connectivity index (χ2v) is 23.0. The molecule has 0 rings (SSSR count). The van der Waals surface area contributed by atoms with Gasteiger partial charge in [0.05, 0.1) is 18.8 Å². The molecule has 0 aromatic rings. The van der Waals surface area contributed by atoms with E-state index in [0.29, 0.717) is 12.8 Å². The minimum Gasteiger partial charge on any atom is -0.394 e. The molecule has 71 heavy (non-hydrogen) atoms. The lowest BCUT2D eigenvalue weighted by Crippen LogP contribution is -2.50. The van der Waals surface area contributed by atoms with E-state index in [1.54, 1.807) is 0 Å². The maximum atomic E-state index is 12.5. The highest BCUT2D eigenvalue weighted by Gasteiger charge is 2.26. The van der Waals surface area contributed by atoms with Crippen molar-refractivity contribution in [2.45, 2.75) is 398 Å². The van der Waals surface area contributed by atoms with Crippen molar-refractivity contribution in [3.8, 4) is 0 Å². The Bertz CT molecular complexity index is 1020. The fourth-order valence-corrected chi connectivity index (χ4v) is 10.8. The highest BCUT2D eigenvalue weighted by Crippen LogP contribution is 2.19. The van der Waals surface area contributed by atoms with E-state index in [9.17, 15) is 20.1 Å². The summed E-state index contributed by atoms with van der Waals surface area (Å²) in [5.74, 6) is -0.136. The second kappa shape index (κ2) is 61.6. The van der Waals surface area contributed by atoms with Crippen molar-refractivity contribution < 1.29 is 20.1 Å². The minimum absolute atomic E-state index is 0.136. The summed E-state index contributed by atoms with van der Waals surface area (Å²) in [7, 11) is 0. The van der Waals surface area contributed by atoms with Crippen LogP contribution in [0.4, 0.5) is 0 Å². The zero-order chi connectivity index (χ0) is 51.4. The normalized spacial score (nSPS) is 13.1. The number of carbonyl (C=O) groups is 1. The number of rotatable bonds is 62. The summed E-state index contributed by atoms with van der Waals surface area (Å²) in [5, 5.41) is 33.8. The zero-order valence-corrected chi connectivity index (χ0v) is 48.6. The molecule has 3 atom stereocenters. The van der Waals surface area contributed by atoms with Gasteiger partial charge in [0.1, 0.15) is 6.10 Å². The quantitative estimate of drug-likeness (QED) is 0.0361. The minimum atomic E-state index is -1.13. The first-order valence-corrected chi connectivity index (χ1v) is 33.0. The number of nitrogens with one attached hydrogen (secondary N) is 1. The van der Waals surface area contributed by atoms with E-state index >= 15 is 0 Å². The Labute approximate surface area is 446 Å². The Kier molecular flexibility index (Phi) is 60.8. The average molecular weight is 1000 g/mol. The number of carbonyl (C=O) groups excluding carboxylic acids is 1. The Balaban J connectivity index is 3.42. The van der Waals surface area contributed by atoms with E-state index in [-0.39, 0.29) is 12.5 Å². The fraction of sp³-hybridized carbons (Fsp3) is 0.955. The predicted molar refractivity (Wildman–Crippen MR) is 315 cm³/mol. The molecule has 5 heteroatoms. The van der Waals surface area contributed by atoms with Gasteiger partial charge in [0.15, 0.2) is 0 Å². The van der Waals surface area contributed by atoms with Crippen molar-refractivity contribution in [3.63, 3.8) is 0 Å². The highest BCUT2D eigenvalue weighted by molar-refractivity contribution is 5.76. The third kappa shape index (κ3) is 56.7. The molecule has 0 fully saturated rings. The van der Waals surface area contributed by atoms with Crippen LogP contribution in [0.25, 0.3) is 0 Å². The van der Waals surface area contributed by atoms with Crippen LogP contribution in [-0.2, 0) is 4.79 Å². The van der Waals surface area contributed by atoms with Crippen LogP contribution in [0.1, 0.15) is 380 Å². The predicted octanol–water partition coefficient (Wildman–Crippen LogP) is 21.0. The van der Waals surface area contributed by atoms with Gasteiger partial charge < -0.3 is 20.6 Å². The first-order valence-electron chi connectivity index (χ1n) is 33.0. The first-order chi connectivity index (χ1) is 35.1. The van der Waals surface area contributed by atoms with Gasteiger partial charge in [-0.15, -0.1) is 0 Å². The molecule has 0 bridgehead atoms. The molecule has 0 saturated heterocycles. The standard InChI is InChI=1S/C66H131NO4/c1-3-5-7-9-11-13-15-17-19-21-23-24-25-26-27-28-29-30-31-32-33-34-35-36-37-38-39-40-41-42-43-45-47-49-51-53-55-57-59-61-65(70)67-63(62-68)66(71)64(69)60-58-56-54-52-50-48-46-44-22-20-18-16-14-12-10-8-6-4-2/h32-33,63-64,66,68-69,71H,3-31,34-62H2,1-2H3,(H,67,70)/b33-32-. The van der Waals surface area contributed by atoms with E-state index in [0.717, 1.165) is 32.1 Å². The zero-order valence-electron chi connectivity index (χ0n) is 48.6. The molecule has 3 unspecified atom stereocenters. The monoisotopic (exact) mass is 1000 g/mol. The van der Waals surface area contributed by atoms with Gasteiger partial charge in [0.25, 0.3) is 0 Å². The maximum Gasteiger partial charge on any atom is 0.220 e. The number of hydrogen-bond acceptors (Lipinski definition) is 4. The van der Waals surface area contributed by atoms with Crippen LogP contribution in [0, 0.1) is 0 Å². The topological polar surface area (TPSA) is 89.8 Å². The summed E-state index contributed by atoms with van der Waals surface area (Å²) in [6.45, 7) is 4.23. The van der Waals surface area contributed by atoms with Crippen LogP contribution in [0.2, 0.25) is 0 Å². The van der Waals surface area contributed by atoms with E-state index < -0.39 is 18.2 Å². The van der Waals surface area contributed by atoms with Gasteiger partial charge in [-0.3, -0.25) is 4.79 Å². The molecule has 5 nitrogen and oxygen atoms in total. The van der Waals surface area contributed by atoms with E-state index in [1.165, 1.54) is 321 Å². The SMILES string of the molecule is CCCCCCCCCCCCCCCCCCCC/C=C\CCCCCCCCCCCCCCCCCCCC(=O)NC(CO)C(O)C(O)CCCCCCCCCCCCCCCCCCCC. The molecule has 0 aromatic heterocycles. The number of hydrogen-bond donors (Lipinski definition) is 4. The van der Waals surface area contributed by atoms with Crippen molar-refractivity contribution >= 4 is 5.91 Å². The van der Waals surface area contributed by atoms with Gasteiger partial charge in [-0.25, -0.2) is 0 Å². The average Bonchev–Trinajstić information content (AvgIpc) is 3.37. The summed E-state index contributed by atoms with van der Waals surface area (Å²) in [4.78, 5) is 12.5. The van der Waals surface area contributed by atoms with Gasteiger partial charge in [-0.05, 0) is 38.5 Å². The Morgan fingerprint density at radius 3 is 0.817 bits per heavy atom. The molecular formula is C66H131NO4. The van der Waals surface area contributed by atoms with Crippen LogP contribution >= 0.6 is 0 Å². The summed E-state index contributed by atoms with van der Waals surface area (Å²) in [5.41, 5.74) is 0. The third-order valence-electron chi connectivity index (χ3n) is 15.9. The van der Waals surface area contributed by atoms with Crippen molar-refractivity contribution in [3.05, 3.63) is 12.2 Å². The molecule has 0 radical (unpaired) electrons. The van der Waals surface area contributed by atoms with Crippen molar-refractivity contribution in [2.75, 3.05) is 6.61 Å². The molecular weight excluding hydrogens is 871 g/mol. The van der Waals surface area contributed by atoms with Crippen LogP contribution in [0.15, 0.2) is 12.2 Å². The molecule has 0 aliphatic carbocycles. The van der Waals surface area contributed by atoms with Crippen molar-refractivity contribution in [1.29, 1.82) is 0 Å². The molecule has 0 saturated carbocycles. The number of amides is 1. The van der Waals surface area contributed by atoms with Gasteiger partial charge >= 0.3 is 0 Å². The Hall–Kier alpha value is -0.910. The van der Waals surface area contributed by atoms with E-state index in [2.05, 4.69) is 31.3 Å². The number of aliphatic hydroxyl groups excluding tert-OH is 3. The van der Waals surface area contributed by atoms with E-state index in [1.807, 2.05) is 0 Å². The molecule has 0 heterocycles. The molecule has 1 amide bonds. The van der Waals surface area contributed by atoms with Crippen LogP contribution in [0.3, 0.4) is 0 Å². The smallest absolute Gasteiger partial charge is 0.220 e. The molecule has 0 aromatic carbocycles. The third-order valence-corrected chi connectivity index (χ3v) is 15.9. The Morgan fingerprint density at radius 1 is 0.338 bits per heavy atom. The van der Waals surface area contributed by atoms with Gasteiger partial charge in [0, 0.05) is 6.42 Å². The highest BCUT2D eigenvalue weighted by atomic mass is 16.3. The summed E-state index contributed by atoms with van der Waals surface area (Å²) in [6, 6.07) is -0.807. The molecule has 424 valence electrons. The van der Waals surface area contributed by atoms with E-state index in [4.69, 9.17) is 0 Å². The summed E-state index contributed by atoms with van der Waals surface area (Å²) < 4.78 is 0. The van der Waals surface area contributed by atoms with Crippen LogP contribution in [-0.4, -0.2) is 46.1 Å². The maximum absolute atomic E-state index is 12.5. The summed E-state index contributed by atoms with van der Waals surface area (Å²) >= 11 is 0. The van der Waals surface area contributed by atoms with Gasteiger partial charge in [0.2, 0.25) is 5.91 Å². The molecule has 0 spiro atoms.